The molecule has 3 atom stereocenters. The number of ether oxygens (including phenoxy) is 1. The van der Waals surface area contributed by atoms with Gasteiger partial charge in [0.2, 0.25) is 5.91 Å². The van der Waals surface area contributed by atoms with Gasteiger partial charge in [0, 0.05) is 12.6 Å². The Morgan fingerprint density at radius 3 is 2.71 bits per heavy atom. The molecule has 0 aliphatic carbocycles. The molecule has 2 saturated heterocycles. The van der Waals surface area contributed by atoms with Crippen LogP contribution in [0.2, 0.25) is 0 Å². The van der Waals surface area contributed by atoms with Crippen molar-refractivity contribution in [1.29, 1.82) is 0 Å². The number of hydrogen-bond acceptors (Lipinski definition) is 3. The zero-order chi connectivity index (χ0) is 14.8. The summed E-state index contributed by atoms with van der Waals surface area (Å²) >= 11 is 0. The quantitative estimate of drug-likeness (QED) is 0.891. The molecule has 112 valence electrons. The van der Waals surface area contributed by atoms with Crippen LogP contribution in [0.1, 0.15) is 31.4 Å². The van der Waals surface area contributed by atoms with E-state index in [1.165, 1.54) is 0 Å². The Hall–Kier alpha value is -1.88. The molecule has 5 nitrogen and oxygen atoms in total. The van der Waals surface area contributed by atoms with Crippen molar-refractivity contribution in [3.63, 3.8) is 0 Å². The molecular formula is C16H20N2O3. The molecule has 3 rings (SSSR count). The van der Waals surface area contributed by atoms with Crippen LogP contribution in [-0.2, 0) is 14.3 Å². The van der Waals surface area contributed by atoms with Crippen LogP contribution in [0.3, 0.4) is 0 Å². The van der Waals surface area contributed by atoms with E-state index >= 15 is 0 Å². The van der Waals surface area contributed by atoms with E-state index in [1.54, 1.807) is 4.90 Å². The average molecular weight is 288 g/mol. The van der Waals surface area contributed by atoms with Gasteiger partial charge in [0.25, 0.3) is 5.91 Å². The first-order chi connectivity index (χ1) is 10.1. The van der Waals surface area contributed by atoms with E-state index in [1.807, 2.05) is 37.3 Å². The van der Waals surface area contributed by atoms with Gasteiger partial charge in [-0.05, 0) is 25.3 Å². The summed E-state index contributed by atoms with van der Waals surface area (Å²) in [6.07, 6.45) is 1.72. The number of carbonyl (C=O) groups excluding carboxylic acids is 2. The summed E-state index contributed by atoms with van der Waals surface area (Å²) in [4.78, 5) is 26.5. The smallest absolute Gasteiger partial charge is 0.250 e. The molecule has 0 radical (unpaired) electrons. The van der Waals surface area contributed by atoms with Crippen molar-refractivity contribution in [3.05, 3.63) is 35.9 Å². The largest absolute Gasteiger partial charge is 0.378 e. The summed E-state index contributed by atoms with van der Waals surface area (Å²) in [7, 11) is 0. The molecule has 1 aromatic rings. The first-order valence-electron chi connectivity index (χ1n) is 7.41. The van der Waals surface area contributed by atoms with Crippen LogP contribution in [-0.4, -0.2) is 42.0 Å². The summed E-state index contributed by atoms with van der Waals surface area (Å²) < 4.78 is 5.53. The van der Waals surface area contributed by atoms with E-state index in [-0.39, 0.29) is 30.5 Å². The second-order valence-corrected chi connectivity index (χ2v) is 5.74. The maximum Gasteiger partial charge on any atom is 0.250 e. The minimum absolute atomic E-state index is 0.0140. The van der Waals surface area contributed by atoms with E-state index in [4.69, 9.17) is 4.74 Å². The third-order valence-electron chi connectivity index (χ3n) is 4.18. The van der Waals surface area contributed by atoms with Crippen LogP contribution in [0.4, 0.5) is 0 Å². The van der Waals surface area contributed by atoms with Crippen molar-refractivity contribution in [2.45, 2.75) is 38.0 Å². The number of hydrogen-bond donors (Lipinski definition) is 1. The maximum absolute atomic E-state index is 12.7. The van der Waals surface area contributed by atoms with Gasteiger partial charge in [-0.2, -0.15) is 0 Å². The first kappa shape index (κ1) is 14.1. The van der Waals surface area contributed by atoms with E-state index in [0.29, 0.717) is 6.61 Å². The number of rotatable bonds is 2. The number of nitrogens with zero attached hydrogens (tertiary/aromatic N) is 1. The average Bonchev–Trinajstić information content (AvgIpc) is 2.50. The van der Waals surface area contributed by atoms with E-state index < -0.39 is 6.04 Å². The van der Waals surface area contributed by atoms with Gasteiger partial charge in [0.15, 0.2) is 0 Å². The van der Waals surface area contributed by atoms with Gasteiger partial charge < -0.3 is 15.0 Å². The first-order valence-corrected chi connectivity index (χ1v) is 7.41. The van der Waals surface area contributed by atoms with Gasteiger partial charge in [-0.25, -0.2) is 0 Å². The highest BCUT2D eigenvalue weighted by atomic mass is 16.5. The molecule has 0 saturated carbocycles. The highest BCUT2D eigenvalue weighted by Crippen LogP contribution is 2.25. The Morgan fingerprint density at radius 2 is 2.00 bits per heavy atom. The monoisotopic (exact) mass is 288 g/mol. The number of nitrogens with one attached hydrogen (secondary N) is 1. The lowest BCUT2D eigenvalue weighted by Gasteiger charge is -2.41. The van der Waals surface area contributed by atoms with Crippen LogP contribution < -0.4 is 5.32 Å². The van der Waals surface area contributed by atoms with Gasteiger partial charge in [-0.1, -0.05) is 30.3 Å². The third-order valence-corrected chi connectivity index (χ3v) is 4.18. The van der Waals surface area contributed by atoms with Gasteiger partial charge in [0.1, 0.15) is 6.04 Å². The Balaban J connectivity index is 1.81. The number of piperazine rings is 1. The zero-order valence-corrected chi connectivity index (χ0v) is 12.1. The van der Waals surface area contributed by atoms with Crippen molar-refractivity contribution in [2.24, 2.45) is 0 Å². The number of benzene rings is 1. The molecular weight excluding hydrogens is 268 g/mol. The van der Waals surface area contributed by atoms with Crippen LogP contribution >= 0.6 is 0 Å². The Labute approximate surface area is 124 Å². The fraction of sp³-hybridized carbons (Fsp3) is 0.500. The standard InChI is InChI=1S/C16H20N2O3/c1-11-9-13(7-8-21-11)18-10-14(19)17-15(16(18)20)12-5-3-2-4-6-12/h2-6,11,13,15H,7-10H2,1H3,(H,17,19). The van der Waals surface area contributed by atoms with Gasteiger partial charge in [-0.3, -0.25) is 9.59 Å². The molecule has 2 fully saturated rings. The zero-order valence-electron chi connectivity index (χ0n) is 12.1. The molecule has 3 unspecified atom stereocenters. The molecule has 1 N–H and O–H groups in total. The molecule has 0 aromatic heterocycles. The molecule has 0 spiro atoms. The third kappa shape index (κ3) is 2.93. The molecule has 2 aliphatic heterocycles. The lowest BCUT2D eigenvalue weighted by Crippen LogP contribution is -2.58. The number of amides is 2. The Kier molecular flexibility index (Phi) is 3.92. The van der Waals surface area contributed by atoms with Crippen molar-refractivity contribution in [1.82, 2.24) is 10.2 Å². The highest BCUT2D eigenvalue weighted by molar-refractivity contribution is 5.95. The summed E-state index contributed by atoms with van der Waals surface area (Å²) in [5, 5.41) is 2.80. The fourth-order valence-electron chi connectivity index (χ4n) is 3.10. The normalized spacial score (nSPS) is 30.1. The molecule has 2 aliphatic rings. The van der Waals surface area contributed by atoms with Gasteiger partial charge in [0.05, 0.1) is 12.6 Å². The molecule has 1 aromatic carbocycles. The van der Waals surface area contributed by atoms with Crippen LogP contribution in [0, 0.1) is 0 Å². The molecule has 5 heteroatoms. The van der Waals surface area contributed by atoms with Crippen molar-refractivity contribution < 1.29 is 14.3 Å². The summed E-state index contributed by atoms with van der Waals surface area (Å²) in [6, 6.07) is 8.94. The molecule has 2 amide bonds. The minimum atomic E-state index is -0.564. The second-order valence-electron chi connectivity index (χ2n) is 5.74. The SMILES string of the molecule is CC1CC(N2CC(=O)NC(c3ccccc3)C2=O)CCO1. The minimum Gasteiger partial charge on any atom is -0.378 e. The van der Waals surface area contributed by atoms with Crippen LogP contribution in [0.25, 0.3) is 0 Å². The van der Waals surface area contributed by atoms with E-state index in [9.17, 15) is 9.59 Å². The number of carbonyl (C=O) groups is 2. The van der Waals surface area contributed by atoms with E-state index in [2.05, 4.69) is 5.32 Å². The Morgan fingerprint density at radius 1 is 1.24 bits per heavy atom. The predicted molar refractivity (Wildman–Crippen MR) is 77.5 cm³/mol. The van der Waals surface area contributed by atoms with Crippen molar-refractivity contribution in [3.8, 4) is 0 Å². The molecule has 21 heavy (non-hydrogen) atoms. The summed E-state index contributed by atoms with van der Waals surface area (Å²) in [6.45, 7) is 2.81. The van der Waals surface area contributed by atoms with E-state index in [0.717, 1.165) is 18.4 Å². The van der Waals surface area contributed by atoms with Crippen LogP contribution in [0.15, 0.2) is 30.3 Å². The maximum atomic E-state index is 12.7. The van der Waals surface area contributed by atoms with Crippen LogP contribution in [0.5, 0.6) is 0 Å². The second kappa shape index (κ2) is 5.85. The topological polar surface area (TPSA) is 58.6 Å². The summed E-state index contributed by atoms with van der Waals surface area (Å²) in [5.41, 5.74) is 0.834. The molecule has 2 heterocycles. The summed E-state index contributed by atoms with van der Waals surface area (Å²) in [5.74, 6) is -0.109. The predicted octanol–water partition coefficient (Wildman–Crippen LogP) is 1.25. The highest BCUT2D eigenvalue weighted by Gasteiger charge is 2.38. The fourth-order valence-corrected chi connectivity index (χ4v) is 3.10. The Bertz CT molecular complexity index is 532. The van der Waals surface area contributed by atoms with Crippen molar-refractivity contribution in [2.75, 3.05) is 13.2 Å². The lowest BCUT2D eigenvalue weighted by molar-refractivity contribution is -0.149. The molecule has 0 bridgehead atoms. The van der Waals surface area contributed by atoms with Gasteiger partial charge in [-0.15, -0.1) is 0 Å². The lowest BCUT2D eigenvalue weighted by atomic mass is 9.97. The van der Waals surface area contributed by atoms with Gasteiger partial charge >= 0.3 is 0 Å². The van der Waals surface area contributed by atoms with Crippen molar-refractivity contribution >= 4 is 11.8 Å².